The van der Waals surface area contributed by atoms with E-state index < -0.39 is 0 Å². The molecule has 0 bridgehead atoms. The number of carbonyl (C=O) groups is 1. The van der Waals surface area contributed by atoms with Crippen LogP contribution in [0.1, 0.15) is 36.5 Å². The van der Waals surface area contributed by atoms with Crippen LogP contribution in [0.4, 0.5) is 0 Å². The Kier molecular flexibility index (Phi) is 5.16. The minimum atomic E-state index is 0.193. The zero-order chi connectivity index (χ0) is 17.8. The average molecular weight is 347 g/mol. The summed E-state index contributed by atoms with van der Waals surface area (Å²) in [4.78, 5) is 13.8. The van der Waals surface area contributed by atoms with Crippen LogP contribution in [0, 0.1) is 5.92 Å². The summed E-state index contributed by atoms with van der Waals surface area (Å²) in [5, 5.41) is 1.12. The highest BCUT2D eigenvalue weighted by Gasteiger charge is 2.29. The number of hydrogen-bond acceptors (Lipinski definition) is 3. The van der Waals surface area contributed by atoms with Crippen LogP contribution in [0.2, 0.25) is 0 Å². The smallest absolute Gasteiger partial charge is 0.134 e. The standard InChI is InChI=1S/C23H25NO2/c25-15-12-21(23-16-20-8-4-5-9-22(20)26-23)19-10-13-24(14-11-19)17-18-6-2-1-3-7-18/h1-9,15-16,19,21H,10-14,17H2. The molecule has 0 N–H and O–H groups in total. The quantitative estimate of drug-likeness (QED) is 0.587. The number of furan rings is 1. The van der Waals surface area contributed by atoms with Crippen LogP contribution in [0.25, 0.3) is 11.0 Å². The van der Waals surface area contributed by atoms with E-state index in [0.29, 0.717) is 12.3 Å². The molecule has 4 rings (SSSR count). The molecule has 1 aliphatic rings. The zero-order valence-electron chi connectivity index (χ0n) is 15.0. The fourth-order valence-electron chi connectivity index (χ4n) is 4.18. The van der Waals surface area contributed by atoms with Gasteiger partial charge in [-0.25, -0.2) is 0 Å². The Morgan fingerprint density at radius 3 is 2.50 bits per heavy atom. The van der Waals surface area contributed by atoms with Gasteiger partial charge < -0.3 is 9.21 Å². The lowest BCUT2D eigenvalue weighted by Crippen LogP contribution is -2.35. The van der Waals surface area contributed by atoms with Gasteiger partial charge in [0.25, 0.3) is 0 Å². The minimum absolute atomic E-state index is 0.193. The third kappa shape index (κ3) is 3.73. The van der Waals surface area contributed by atoms with Crippen LogP contribution in [-0.2, 0) is 11.3 Å². The molecule has 2 aromatic carbocycles. The fraction of sp³-hybridized carbons (Fsp3) is 0.348. The number of likely N-dealkylation sites (tertiary alicyclic amines) is 1. The summed E-state index contributed by atoms with van der Waals surface area (Å²) >= 11 is 0. The second kappa shape index (κ2) is 7.88. The minimum Gasteiger partial charge on any atom is -0.461 e. The Balaban J connectivity index is 1.44. The van der Waals surface area contributed by atoms with E-state index in [1.807, 2.05) is 18.2 Å². The highest BCUT2D eigenvalue weighted by Crippen LogP contribution is 2.37. The monoisotopic (exact) mass is 347 g/mol. The molecule has 0 spiro atoms. The van der Waals surface area contributed by atoms with E-state index in [0.717, 1.165) is 55.5 Å². The second-order valence-corrected chi connectivity index (χ2v) is 7.29. The SMILES string of the molecule is O=CCC(c1cc2ccccc2o1)C1CCN(Cc2ccccc2)CC1. The molecule has 0 radical (unpaired) electrons. The second-order valence-electron chi connectivity index (χ2n) is 7.29. The molecule has 0 saturated carbocycles. The summed E-state index contributed by atoms with van der Waals surface area (Å²) in [6.45, 7) is 3.17. The maximum absolute atomic E-state index is 11.3. The highest BCUT2D eigenvalue weighted by atomic mass is 16.3. The van der Waals surface area contributed by atoms with Gasteiger partial charge in [0, 0.05) is 24.3 Å². The van der Waals surface area contributed by atoms with Gasteiger partial charge >= 0.3 is 0 Å². The van der Waals surface area contributed by atoms with Crippen molar-refractivity contribution in [2.75, 3.05) is 13.1 Å². The van der Waals surface area contributed by atoms with Crippen LogP contribution in [-0.4, -0.2) is 24.3 Å². The van der Waals surface area contributed by atoms with Gasteiger partial charge in [-0.1, -0.05) is 48.5 Å². The maximum Gasteiger partial charge on any atom is 0.134 e. The first-order chi connectivity index (χ1) is 12.8. The molecule has 1 saturated heterocycles. The molecule has 1 unspecified atom stereocenters. The Morgan fingerprint density at radius 2 is 1.77 bits per heavy atom. The van der Waals surface area contributed by atoms with Crippen molar-refractivity contribution in [2.24, 2.45) is 5.92 Å². The molecule has 3 nitrogen and oxygen atoms in total. The molecule has 3 aromatic rings. The number of hydrogen-bond donors (Lipinski definition) is 0. The number of rotatable bonds is 6. The van der Waals surface area contributed by atoms with E-state index in [9.17, 15) is 4.79 Å². The van der Waals surface area contributed by atoms with Crippen LogP contribution in [0.3, 0.4) is 0 Å². The van der Waals surface area contributed by atoms with E-state index in [1.54, 1.807) is 0 Å². The van der Waals surface area contributed by atoms with Crippen LogP contribution in [0.5, 0.6) is 0 Å². The number of carbonyl (C=O) groups excluding carboxylic acids is 1. The molecular formula is C23H25NO2. The van der Waals surface area contributed by atoms with Crippen molar-refractivity contribution in [3.05, 3.63) is 72.0 Å². The Morgan fingerprint density at radius 1 is 1.04 bits per heavy atom. The molecule has 3 heteroatoms. The first-order valence-electron chi connectivity index (χ1n) is 9.52. The van der Waals surface area contributed by atoms with Gasteiger partial charge in [-0.05, 0) is 49.5 Å². The summed E-state index contributed by atoms with van der Waals surface area (Å²) in [6.07, 6.45) is 3.82. The number of fused-ring (bicyclic) bond motifs is 1. The van der Waals surface area contributed by atoms with Crippen molar-refractivity contribution >= 4 is 17.3 Å². The summed E-state index contributed by atoms with van der Waals surface area (Å²) in [5.41, 5.74) is 2.28. The molecule has 134 valence electrons. The summed E-state index contributed by atoms with van der Waals surface area (Å²) in [7, 11) is 0. The topological polar surface area (TPSA) is 33.5 Å². The van der Waals surface area contributed by atoms with E-state index >= 15 is 0 Å². The van der Waals surface area contributed by atoms with Gasteiger partial charge in [-0.2, -0.15) is 0 Å². The third-order valence-corrected chi connectivity index (χ3v) is 5.61. The molecular weight excluding hydrogens is 322 g/mol. The van der Waals surface area contributed by atoms with Crippen molar-refractivity contribution in [1.29, 1.82) is 0 Å². The largest absolute Gasteiger partial charge is 0.461 e. The molecule has 1 aromatic heterocycles. The first kappa shape index (κ1) is 17.0. The predicted molar refractivity (Wildman–Crippen MR) is 104 cm³/mol. The number of nitrogens with zero attached hydrogens (tertiary/aromatic N) is 1. The van der Waals surface area contributed by atoms with Crippen molar-refractivity contribution in [1.82, 2.24) is 4.90 Å². The summed E-state index contributed by atoms with van der Waals surface area (Å²) in [6, 6.07) is 20.9. The van der Waals surface area contributed by atoms with Crippen molar-refractivity contribution in [3.8, 4) is 0 Å². The number of benzene rings is 2. The number of aldehydes is 1. The molecule has 0 amide bonds. The van der Waals surface area contributed by atoms with Gasteiger partial charge in [-0.3, -0.25) is 4.90 Å². The summed E-state index contributed by atoms with van der Waals surface area (Å²) in [5.74, 6) is 1.67. The van der Waals surface area contributed by atoms with Crippen LogP contribution < -0.4 is 0 Å². The molecule has 26 heavy (non-hydrogen) atoms. The normalized spacial score (nSPS) is 17.4. The summed E-state index contributed by atoms with van der Waals surface area (Å²) < 4.78 is 6.09. The van der Waals surface area contributed by atoms with Crippen LogP contribution in [0.15, 0.2) is 65.1 Å². The molecule has 1 fully saturated rings. The number of para-hydroxylation sites is 1. The van der Waals surface area contributed by atoms with E-state index in [1.165, 1.54) is 5.56 Å². The number of piperidine rings is 1. The van der Waals surface area contributed by atoms with Crippen molar-refractivity contribution in [2.45, 2.75) is 31.7 Å². The molecule has 2 heterocycles. The molecule has 1 aliphatic heterocycles. The van der Waals surface area contributed by atoms with Crippen molar-refractivity contribution in [3.63, 3.8) is 0 Å². The average Bonchev–Trinajstić information content (AvgIpc) is 3.11. The van der Waals surface area contributed by atoms with Gasteiger partial charge in [0.2, 0.25) is 0 Å². The lowest BCUT2D eigenvalue weighted by atomic mass is 9.81. The Hall–Kier alpha value is -2.39. The van der Waals surface area contributed by atoms with Gasteiger partial charge in [0.15, 0.2) is 0 Å². The molecule has 1 atom stereocenters. The van der Waals surface area contributed by atoms with E-state index in [-0.39, 0.29) is 5.92 Å². The zero-order valence-corrected chi connectivity index (χ0v) is 15.0. The van der Waals surface area contributed by atoms with Crippen LogP contribution >= 0.6 is 0 Å². The fourth-order valence-corrected chi connectivity index (χ4v) is 4.18. The molecule has 0 aliphatic carbocycles. The highest BCUT2D eigenvalue weighted by molar-refractivity contribution is 5.78. The van der Waals surface area contributed by atoms with Crippen molar-refractivity contribution < 1.29 is 9.21 Å². The third-order valence-electron chi connectivity index (χ3n) is 5.61. The lowest BCUT2D eigenvalue weighted by molar-refractivity contribution is -0.108. The van der Waals surface area contributed by atoms with Gasteiger partial charge in [0.1, 0.15) is 17.6 Å². The van der Waals surface area contributed by atoms with E-state index in [2.05, 4.69) is 47.4 Å². The maximum atomic E-state index is 11.3. The first-order valence-corrected chi connectivity index (χ1v) is 9.52. The van der Waals surface area contributed by atoms with Gasteiger partial charge in [-0.15, -0.1) is 0 Å². The Labute approximate surface area is 154 Å². The predicted octanol–water partition coefficient (Wildman–Crippen LogP) is 5.02. The Bertz CT molecular complexity index is 814. The van der Waals surface area contributed by atoms with E-state index in [4.69, 9.17) is 4.42 Å². The van der Waals surface area contributed by atoms with Gasteiger partial charge in [0.05, 0.1) is 0 Å². The lowest BCUT2D eigenvalue weighted by Gasteiger charge is -2.35.